The van der Waals surface area contributed by atoms with Gasteiger partial charge in [-0.3, -0.25) is 4.28 Å². The van der Waals surface area contributed by atoms with Crippen LogP contribution < -0.4 is 0 Å². The average molecular weight is 256 g/mol. The van der Waals surface area contributed by atoms with Crippen molar-refractivity contribution in [3.63, 3.8) is 0 Å². The number of hydrogen-bond acceptors (Lipinski definition) is 6. The normalized spacial score (nSPS) is 21.8. The number of methoxy groups -OCH3 is 1. The summed E-state index contributed by atoms with van der Waals surface area (Å²) in [4.78, 5) is 0. The molecule has 1 aliphatic carbocycles. The molecule has 17 heavy (non-hydrogen) atoms. The summed E-state index contributed by atoms with van der Waals surface area (Å²) in [5.74, 6) is -0.341. The van der Waals surface area contributed by atoms with Gasteiger partial charge in [-0.15, -0.1) is 0 Å². The molecule has 0 aromatic rings. The first kappa shape index (κ1) is 13.3. The van der Waals surface area contributed by atoms with E-state index in [9.17, 15) is 8.42 Å². The topological polar surface area (TPSA) is 88.8 Å². The third-order valence-electron chi connectivity index (χ3n) is 2.05. The Bertz CT molecular complexity index is 511. The van der Waals surface area contributed by atoms with Crippen LogP contribution in [-0.4, -0.2) is 27.0 Å². The van der Waals surface area contributed by atoms with E-state index < -0.39 is 16.0 Å². The molecule has 0 radical (unpaired) electrons. The van der Waals surface area contributed by atoms with Gasteiger partial charge in [0, 0.05) is 6.08 Å². The molecule has 1 rings (SSSR count). The highest BCUT2D eigenvalue weighted by molar-refractivity contribution is 7.86. The number of nitrogens with zero attached hydrogens (tertiary/aromatic N) is 2. The van der Waals surface area contributed by atoms with Gasteiger partial charge in [-0.2, -0.15) is 13.7 Å². The van der Waals surface area contributed by atoms with Crippen LogP contribution in [0.15, 0.2) is 29.1 Å². The Morgan fingerprint density at radius 3 is 2.82 bits per heavy atom. The van der Waals surface area contributed by atoms with Crippen LogP contribution in [0.25, 0.3) is 0 Å². The first-order valence-electron chi connectivity index (χ1n) is 4.85. The minimum Gasteiger partial charge on any atom is -0.497 e. The van der Waals surface area contributed by atoms with Crippen LogP contribution in [0.5, 0.6) is 0 Å². The summed E-state index contributed by atoms with van der Waals surface area (Å²) in [5, 5.41) is 12.3. The zero-order valence-electron chi connectivity index (χ0n) is 9.45. The molecule has 1 unspecified atom stereocenters. The predicted octanol–water partition coefficient (Wildman–Crippen LogP) is 0.949. The lowest BCUT2D eigenvalue weighted by atomic mass is 9.99. The molecule has 0 aromatic heterocycles. The van der Waals surface area contributed by atoms with Crippen molar-refractivity contribution < 1.29 is 17.4 Å². The van der Waals surface area contributed by atoms with Crippen molar-refractivity contribution in [1.82, 2.24) is 0 Å². The summed E-state index contributed by atoms with van der Waals surface area (Å²) in [5.41, 5.74) is 0.198. The van der Waals surface area contributed by atoms with E-state index in [1.54, 1.807) is 12.2 Å². The first-order chi connectivity index (χ1) is 8.02. The highest BCUT2D eigenvalue weighted by Crippen LogP contribution is 2.15. The molecule has 0 spiro atoms. The lowest BCUT2D eigenvalue weighted by molar-refractivity contribution is 0.305. The van der Waals surface area contributed by atoms with Gasteiger partial charge in [-0.25, -0.2) is 0 Å². The summed E-state index contributed by atoms with van der Waals surface area (Å²) in [6.07, 6.45) is 4.62. The van der Waals surface area contributed by atoms with E-state index in [2.05, 4.69) is 9.44 Å². The van der Waals surface area contributed by atoms with Gasteiger partial charge in [-0.05, 0) is 13.0 Å². The van der Waals surface area contributed by atoms with Gasteiger partial charge >= 0.3 is 10.1 Å². The SMILES string of the molecule is CCS(=O)(=O)ON=C1C=C(OC)C=CC1C#N. The minimum absolute atomic E-state index is 0.183. The third-order valence-corrected chi connectivity index (χ3v) is 3.06. The molecular weight excluding hydrogens is 244 g/mol. The summed E-state index contributed by atoms with van der Waals surface area (Å²) in [6, 6.07) is 1.96. The molecule has 0 heterocycles. The predicted molar refractivity (Wildman–Crippen MR) is 61.3 cm³/mol. The van der Waals surface area contributed by atoms with Crippen molar-refractivity contribution >= 4 is 15.8 Å². The van der Waals surface area contributed by atoms with E-state index in [1.165, 1.54) is 20.1 Å². The van der Waals surface area contributed by atoms with Crippen molar-refractivity contribution in [3.8, 4) is 6.07 Å². The second kappa shape index (κ2) is 5.50. The van der Waals surface area contributed by atoms with Crippen LogP contribution in [0.2, 0.25) is 0 Å². The second-order valence-corrected chi connectivity index (χ2v) is 5.00. The standard InChI is InChI=1S/C10H12N2O4S/c1-3-17(13,14)16-12-10-6-9(15-2)5-4-8(10)7-11/h4-6,8H,3H2,1-2H3. The van der Waals surface area contributed by atoms with Gasteiger partial charge in [0.1, 0.15) is 17.4 Å². The van der Waals surface area contributed by atoms with Gasteiger partial charge in [0.25, 0.3) is 0 Å². The molecule has 0 amide bonds. The monoisotopic (exact) mass is 256 g/mol. The van der Waals surface area contributed by atoms with Crippen LogP contribution in [0, 0.1) is 17.2 Å². The number of ether oxygens (including phenoxy) is 1. The molecule has 1 atom stereocenters. The Labute approximate surface area is 99.9 Å². The number of nitriles is 1. The maximum absolute atomic E-state index is 11.1. The van der Waals surface area contributed by atoms with Crippen LogP contribution in [0.3, 0.4) is 0 Å². The highest BCUT2D eigenvalue weighted by atomic mass is 32.2. The number of rotatable bonds is 4. The van der Waals surface area contributed by atoms with E-state index in [0.717, 1.165) is 0 Å². The average Bonchev–Trinajstić information content (AvgIpc) is 2.36. The number of allylic oxidation sites excluding steroid dienone is 3. The summed E-state index contributed by atoms with van der Waals surface area (Å²) in [7, 11) is -2.20. The molecule has 92 valence electrons. The van der Waals surface area contributed by atoms with Crippen LogP contribution >= 0.6 is 0 Å². The molecule has 0 saturated carbocycles. The second-order valence-electron chi connectivity index (χ2n) is 3.15. The fourth-order valence-electron chi connectivity index (χ4n) is 1.05. The maximum Gasteiger partial charge on any atom is 0.328 e. The van der Waals surface area contributed by atoms with Crippen LogP contribution in [0.4, 0.5) is 0 Å². The van der Waals surface area contributed by atoms with E-state index in [-0.39, 0.29) is 11.5 Å². The summed E-state index contributed by atoms with van der Waals surface area (Å²) >= 11 is 0. The molecule has 0 saturated heterocycles. The molecule has 0 N–H and O–H groups in total. The molecule has 0 aromatic carbocycles. The zero-order valence-corrected chi connectivity index (χ0v) is 10.3. The van der Waals surface area contributed by atoms with E-state index in [4.69, 9.17) is 10.00 Å². The largest absolute Gasteiger partial charge is 0.497 e. The van der Waals surface area contributed by atoms with Crippen LogP contribution in [-0.2, 0) is 19.1 Å². The van der Waals surface area contributed by atoms with Crippen molar-refractivity contribution in [2.75, 3.05) is 12.9 Å². The van der Waals surface area contributed by atoms with Gasteiger partial charge in [0.15, 0.2) is 0 Å². The van der Waals surface area contributed by atoms with Gasteiger partial charge < -0.3 is 4.74 Å². The smallest absolute Gasteiger partial charge is 0.328 e. The van der Waals surface area contributed by atoms with E-state index in [0.29, 0.717) is 5.76 Å². The number of hydrogen-bond donors (Lipinski definition) is 0. The Morgan fingerprint density at radius 1 is 1.59 bits per heavy atom. The summed E-state index contributed by atoms with van der Waals surface area (Å²) < 4.78 is 31.6. The molecule has 0 fully saturated rings. The quantitative estimate of drug-likeness (QED) is 0.698. The van der Waals surface area contributed by atoms with E-state index in [1.807, 2.05) is 6.07 Å². The lowest BCUT2D eigenvalue weighted by Gasteiger charge is -2.11. The fourth-order valence-corrected chi connectivity index (χ4v) is 1.35. The molecule has 1 aliphatic rings. The molecular formula is C10H12N2O4S. The van der Waals surface area contributed by atoms with Crippen molar-refractivity contribution in [3.05, 3.63) is 24.0 Å². The number of oxime groups is 1. The molecule has 6 nitrogen and oxygen atoms in total. The van der Waals surface area contributed by atoms with E-state index >= 15 is 0 Å². The minimum atomic E-state index is -3.67. The highest BCUT2D eigenvalue weighted by Gasteiger charge is 2.18. The van der Waals surface area contributed by atoms with Crippen molar-refractivity contribution in [1.29, 1.82) is 5.26 Å². The van der Waals surface area contributed by atoms with Crippen molar-refractivity contribution in [2.24, 2.45) is 11.1 Å². The third kappa shape index (κ3) is 3.60. The van der Waals surface area contributed by atoms with Gasteiger partial charge in [-0.1, -0.05) is 11.2 Å². The Hall–Kier alpha value is -1.81. The zero-order chi connectivity index (χ0) is 12.9. The fraction of sp³-hybridized carbons (Fsp3) is 0.400. The Balaban J connectivity index is 2.94. The molecule has 0 aliphatic heterocycles. The molecule has 7 heteroatoms. The first-order valence-corrected chi connectivity index (χ1v) is 6.43. The van der Waals surface area contributed by atoms with Crippen LogP contribution in [0.1, 0.15) is 6.92 Å². The van der Waals surface area contributed by atoms with Crippen molar-refractivity contribution in [2.45, 2.75) is 6.92 Å². The lowest BCUT2D eigenvalue weighted by Crippen LogP contribution is -2.14. The maximum atomic E-state index is 11.1. The summed E-state index contributed by atoms with van der Waals surface area (Å²) in [6.45, 7) is 1.44. The Kier molecular flexibility index (Phi) is 4.29. The van der Waals surface area contributed by atoms with Gasteiger partial charge in [0.05, 0.1) is 18.9 Å². The van der Waals surface area contributed by atoms with Gasteiger partial charge in [0.2, 0.25) is 0 Å². The molecule has 0 bridgehead atoms. The Morgan fingerprint density at radius 2 is 2.29 bits per heavy atom.